The fourth-order valence-corrected chi connectivity index (χ4v) is 0.687. The van der Waals surface area contributed by atoms with E-state index in [1.165, 1.54) is 19.3 Å². The van der Waals surface area contributed by atoms with Crippen LogP contribution in [0, 0.1) is 6.92 Å². The molecular formula is C14H25Cl. The lowest BCUT2D eigenvalue weighted by Gasteiger charge is -1.90. The Labute approximate surface area is 101 Å². The van der Waals surface area contributed by atoms with Crippen molar-refractivity contribution < 1.29 is 0 Å². The van der Waals surface area contributed by atoms with E-state index < -0.39 is 0 Å². The van der Waals surface area contributed by atoms with Gasteiger partial charge in [0.25, 0.3) is 0 Å². The van der Waals surface area contributed by atoms with Crippen molar-refractivity contribution in [3.8, 4) is 0 Å². The molecule has 1 aromatic carbocycles. The molecule has 0 aromatic heterocycles. The Bertz CT molecular complexity index is 195. The van der Waals surface area contributed by atoms with Gasteiger partial charge in [0.1, 0.15) is 0 Å². The van der Waals surface area contributed by atoms with Crippen LogP contribution in [-0.2, 0) is 0 Å². The highest BCUT2D eigenvalue weighted by Crippen LogP contribution is 2.11. The summed E-state index contributed by atoms with van der Waals surface area (Å²) in [4.78, 5) is 0. The average Bonchev–Trinajstić information content (AvgIpc) is 2.24. The molecule has 0 aliphatic rings. The number of halogens is 1. The van der Waals surface area contributed by atoms with E-state index in [0.717, 1.165) is 10.6 Å². The predicted octanol–water partition coefficient (Wildman–Crippen LogP) is 5.87. The van der Waals surface area contributed by atoms with E-state index in [1.807, 2.05) is 31.2 Å². The van der Waals surface area contributed by atoms with Crippen molar-refractivity contribution in [2.75, 3.05) is 0 Å². The first kappa shape index (κ1) is 16.9. The normalized spacial score (nSPS) is 8.13. The molecule has 0 bridgehead atoms. The Morgan fingerprint density at radius 3 is 1.53 bits per heavy atom. The minimum Gasteiger partial charge on any atom is -0.0841 e. The standard InChI is InChI=1S/C7H7Cl.C4H10.C3H8/c1-6-4-2-3-5-7(6)8;1-3-4-2;1-3-2/h2-5H,1H3;3-4H2,1-2H3;3H2,1-2H3. The second kappa shape index (κ2) is 13.5. The summed E-state index contributed by atoms with van der Waals surface area (Å²) in [6.07, 6.45) is 3.89. The lowest BCUT2D eigenvalue weighted by molar-refractivity contribution is 0.886. The summed E-state index contributed by atoms with van der Waals surface area (Å²) >= 11 is 5.71. The van der Waals surface area contributed by atoms with E-state index in [9.17, 15) is 0 Å². The quantitative estimate of drug-likeness (QED) is 0.564. The van der Waals surface area contributed by atoms with Gasteiger partial charge in [-0.3, -0.25) is 0 Å². The third-order valence-electron chi connectivity index (χ3n) is 1.58. The topological polar surface area (TPSA) is 0 Å². The van der Waals surface area contributed by atoms with Crippen molar-refractivity contribution in [2.24, 2.45) is 0 Å². The van der Waals surface area contributed by atoms with Crippen LogP contribution < -0.4 is 0 Å². The summed E-state index contributed by atoms with van der Waals surface area (Å²) in [5, 5.41) is 0.840. The smallest absolute Gasteiger partial charge is 0.0435 e. The van der Waals surface area contributed by atoms with E-state index in [4.69, 9.17) is 11.6 Å². The van der Waals surface area contributed by atoms with Crippen LogP contribution in [0.2, 0.25) is 5.02 Å². The fraction of sp³-hybridized carbons (Fsp3) is 0.571. The first-order valence-electron chi connectivity index (χ1n) is 5.84. The highest BCUT2D eigenvalue weighted by Gasteiger charge is 1.86. The SMILES string of the molecule is CCC.CCCC.Cc1ccccc1Cl. The fourth-order valence-electron chi connectivity index (χ4n) is 0.551. The molecule has 0 N–H and O–H groups in total. The summed E-state index contributed by atoms with van der Waals surface area (Å²) in [5.41, 5.74) is 1.13. The Hall–Kier alpha value is -0.490. The van der Waals surface area contributed by atoms with Crippen LogP contribution in [0.25, 0.3) is 0 Å². The summed E-state index contributed by atoms with van der Waals surface area (Å²) in [5.74, 6) is 0. The average molecular weight is 229 g/mol. The van der Waals surface area contributed by atoms with Gasteiger partial charge in [0, 0.05) is 5.02 Å². The van der Waals surface area contributed by atoms with Gasteiger partial charge in [0.2, 0.25) is 0 Å². The number of benzene rings is 1. The van der Waals surface area contributed by atoms with Crippen LogP contribution in [0.3, 0.4) is 0 Å². The van der Waals surface area contributed by atoms with Crippen LogP contribution in [-0.4, -0.2) is 0 Å². The van der Waals surface area contributed by atoms with Gasteiger partial charge in [-0.05, 0) is 18.6 Å². The first-order chi connectivity index (χ1) is 7.13. The number of aryl methyl sites for hydroxylation is 1. The first-order valence-corrected chi connectivity index (χ1v) is 6.22. The van der Waals surface area contributed by atoms with Crippen molar-refractivity contribution >= 4 is 11.6 Å². The summed E-state index contributed by atoms with van der Waals surface area (Å²) in [7, 11) is 0. The molecule has 0 heterocycles. The van der Waals surface area contributed by atoms with E-state index in [1.54, 1.807) is 0 Å². The molecule has 0 amide bonds. The van der Waals surface area contributed by atoms with Gasteiger partial charge in [-0.2, -0.15) is 0 Å². The molecule has 0 aliphatic carbocycles. The number of unbranched alkanes of at least 4 members (excludes halogenated alkanes) is 1. The second-order valence-electron chi connectivity index (χ2n) is 3.46. The van der Waals surface area contributed by atoms with Gasteiger partial charge in [0.05, 0.1) is 0 Å². The van der Waals surface area contributed by atoms with Gasteiger partial charge in [0.15, 0.2) is 0 Å². The van der Waals surface area contributed by atoms with Gasteiger partial charge in [-0.25, -0.2) is 0 Å². The molecule has 1 heteroatoms. The van der Waals surface area contributed by atoms with E-state index in [2.05, 4.69) is 27.7 Å². The zero-order valence-electron chi connectivity index (χ0n) is 10.8. The van der Waals surface area contributed by atoms with Gasteiger partial charge >= 0.3 is 0 Å². The predicted molar refractivity (Wildman–Crippen MR) is 72.7 cm³/mol. The van der Waals surface area contributed by atoms with Gasteiger partial charge < -0.3 is 0 Å². The molecular weight excluding hydrogens is 204 g/mol. The Morgan fingerprint density at radius 2 is 1.33 bits per heavy atom. The van der Waals surface area contributed by atoms with Crippen molar-refractivity contribution in [1.29, 1.82) is 0 Å². The molecule has 0 unspecified atom stereocenters. The van der Waals surface area contributed by atoms with E-state index >= 15 is 0 Å². The van der Waals surface area contributed by atoms with Gasteiger partial charge in [-0.1, -0.05) is 76.8 Å². The number of hydrogen-bond donors (Lipinski definition) is 0. The summed E-state index contributed by atoms with van der Waals surface area (Å²) in [6, 6.07) is 7.77. The third kappa shape index (κ3) is 13.5. The molecule has 0 nitrogen and oxygen atoms in total. The minimum atomic E-state index is 0.840. The molecule has 0 saturated heterocycles. The number of hydrogen-bond acceptors (Lipinski definition) is 0. The van der Waals surface area contributed by atoms with Gasteiger partial charge in [-0.15, -0.1) is 0 Å². The zero-order valence-corrected chi connectivity index (χ0v) is 11.6. The summed E-state index contributed by atoms with van der Waals surface area (Å²) < 4.78 is 0. The molecule has 0 fully saturated rings. The lowest BCUT2D eigenvalue weighted by atomic mass is 10.2. The Morgan fingerprint density at radius 1 is 0.933 bits per heavy atom. The van der Waals surface area contributed by atoms with E-state index in [-0.39, 0.29) is 0 Å². The van der Waals surface area contributed by atoms with Crippen molar-refractivity contribution in [1.82, 2.24) is 0 Å². The maximum atomic E-state index is 5.71. The number of rotatable bonds is 1. The van der Waals surface area contributed by atoms with Crippen LogP contribution in [0.4, 0.5) is 0 Å². The molecule has 0 radical (unpaired) electrons. The molecule has 88 valence electrons. The maximum Gasteiger partial charge on any atom is 0.0435 e. The van der Waals surface area contributed by atoms with E-state index in [0.29, 0.717) is 0 Å². The zero-order chi connectivity index (χ0) is 12.1. The van der Waals surface area contributed by atoms with Crippen molar-refractivity contribution in [3.05, 3.63) is 34.9 Å². The highest BCUT2D eigenvalue weighted by molar-refractivity contribution is 6.31. The van der Waals surface area contributed by atoms with Crippen LogP contribution in [0.5, 0.6) is 0 Å². The largest absolute Gasteiger partial charge is 0.0841 e. The summed E-state index contributed by atoms with van der Waals surface area (Å²) in [6.45, 7) is 10.6. The second-order valence-corrected chi connectivity index (χ2v) is 3.86. The third-order valence-corrected chi connectivity index (χ3v) is 2.00. The molecule has 0 saturated carbocycles. The lowest BCUT2D eigenvalue weighted by Crippen LogP contribution is -1.68. The molecule has 15 heavy (non-hydrogen) atoms. The van der Waals surface area contributed by atoms with Crippen molar-refractivity contribution in [2.45, 2.75) is 53.9 Å². The Kier molecular flexibility index (Phi) is 15.2. The molecule has 0 atom stereocenters. The molecule has 1 aromatic rings. The highest BCUT2D eigenvalue weighted by atomic mass is 35.5. The Balaban J connectivity index is 0. The minimum absolute atomic E-state index is 0.840. The van der Waals surface area contributed by atoms with Crippen molar-refractivity contribution in [3.63, 3.8) is 0 Å². The molecule has 0 aliphatic heterocycles. The molecule has 1 rings (SSSR count). The molecule has 0 spiro atoms. The van der Waals surface area contributed by atoms with Crippen LogP contribution >= 0.6 is 11.6 Å². The van der Waals surface area contributed by atoms with Crippen LogP contribution in [0.15, 0.2) is 24.3 Å². The maximum absolute atomic E-state index is 5.71. The monoisotopic (exact) mass is 228 g/mol. The van der Waals surface area contributed by atoms with Crippen LogP contribution in [0.1, 0.15) is 52.5 Å².